The molecule has 112 valence electrons. The third-order valence-corrected chi connectivity index (χ3v) is 3.69. The van der Waals surface area contributed by atoms with Crippen LogP contribution in [0.2, 0.25) is 5.02 Å². The average molecular weight is 382 g/mol. The molecule has 0 aromatic heterocycles. The third-order valence-electron chi connectivity index (χ3n) is 3.01. The highest BCUT2D eigenvalue weighted by atomic mass is 79.9. The van der Waals surface area contributed by atoms with Gasteiger partial charge in [-0.25, -0.2) is 0 Å². The Balaban J connectivity index is 1.89. The Hall–Kier alpha value is -2.05. The van der Waals surface area contributed by atoms with Crippen molar-refractivity contribution in [2.45, 2.75) is 0 Å². The standard InChI is InChI=1S/C15H10BrClN2O3/c16-9-4-8(5-10(17)6-9)15(21)19-12-3-1-2-11-14(12)22-7-13(20)18-11/h1-6H,7H2,(H,18,20)(H,19,21). The van der Waals surface area contributed by atoms with Crippen molar-refractivity contribution in [1.29, 1.82) is 0 Å². The van der Waals surface area contributed by atoms with Crippen LogP contribution in [0.25, 0.3) is 0 Å². The predicted molar refractivity (Wildman–Crippen MR) is 87.7 cm³/mol. The topological polar surface area (TPSA) is 67.4 Å². The quantitative estimate of drug-likeness (QED) is 0.834. The van der Waals surface area contributed by atoms with Crippen molar-refractivity contribution in [2.24, 2.45) is 0 Å². The Bertz CT molecular complexity index is 759. The number of rotatable bonds is 2. The largest absolute Gasteiger partial charge is 0.479 e. The summed E-state index contributed by atoms with van der Waals surface area (Å²) in [7, 11) is 0. The molecule has 0 atom stereocenters. The second-order valence-corrected chi connectivity index (χ2v) is 5.98. The number of nitrogens with one attached hydrogen (secondary N) is 2. The minimum atomic E-state index is -0.322. The zero-order valence-corrected chi connectivity index (χ0v) is 13.5. The van der Waals surface area contributed by atoms with E-state index >= 15 is 0 Å². The number of hydrogen-bond acceptors (Lipinski definition) is 3. The molecular weight excluding hydrogens is 372 g/mol. The second kappa shape index (κ2) is 5.98. The lowest BCUT2D eigenvalue weighted by molar-refractivity contribution is -0.118. The van der Waals surface area contributed by atoms with E-state index in [9.17, 15) is 9.59 Å². The van der Waals surface area contributed by atoms with Gasteiger partial charge in [0.1, 0.15) is 0 Å². The SMILES string of the molecule is O=C1COc2c(cccc2NC(=O)c2cc(Cl)cc(Br)c2)N1. The van der Waals surface area contributed by atoms with Crippen LogP contribution >= 0.6 is 27.5 Å². The van der Waals surface area contributed by atoms with E-state index in [4.69, 9.17) is 16.3 Å². The van der Waals surface area contributed by atoms with Gasteiger partial charge in [-0.2, -0.15) is 0 Å². The molecule has 1 heterocycles. The van der Waals surface area contributed by atoms with Gasteiger partial charge in [0.15, 0.2) is 12.4 Å². The van der Waals surface area contributed by atoms with Crippen molar-refractivity contribution in [1.82, 2.24) is 0 Å². The van der Waals surface area contributed by atoms with Crippen LogP contribution in [0.3, 0.4) is 0 Å². The summed E-state index contributed by atoms with van der Waals surface area (Å²) < 4.78 is 6.10. The fraction of sp³-hybridized carbons (Fsp3) is 0.0667. The number of carbonyl (C=O) groups excluding carboxylic acids is 2. The van der Waals surface area contributed by atoms with Gasteiger partial charge in [-0.3, -0.25) is 9.59 Å². The van der Waals surface area contributed by atoms with Gasteiger partial charge in [0.25, 0.3) is 11.8 Å². The van der Waals surface area contributed by atoms with Gasteiger partial charge < -0.3 is 15.4 Å². The maximum Gasteiger partial charge on any atom is 0.262 e. The van der Waals surface area contributed by atoms with Crippen molar-refractivity contribution < 1.29 is 14.3 Å². The predicted octanol–water partition coefficient (Wildman–Crippen LogP) is 3.69. The van der Waals surface area contributed by atoms with Crippen LogP contribution in [-0.2, 0) is 4.79 Å². The molecule has 0 unspecified atom stereocenters. The number of fused-ring (bicyclic) bond motifs is 1. The van der Waals surface area contributed by atoms with Crippen molar-refractivity contribution in [2.75, 3.05) is 17.2 Å². The lowest BCUT2D eigenvalue weighted by Gasteiger charge is -2.20. The Morgan fingerprint density at radius 3 is 2.91 bits per heavy atom. The number of amides is 2. The first-order valence-electron chi connectivity index (χ1n) is 6.36. The van der Waals surface area contributed by atoms with Crippen molar-refractivity contribution >= 4 is 50.7 Å². The van der Waals surface area contributed by atoms with Crippen LogP contribution in [0.5, 0.6) is 5.75 Å². The van der Waals surface area contributed by atoms with Crippen molar-refractivity contribution in [3.8, 4) is 5.75 Å². The van der Waals surface area contributed by atoms with E-state index in [0.717, 1.165) is 0 Å². The molecule has 1 aliphatic rings. The molecule has 1 aliphatic heterocycles. The van der Waals surface area contributed by atoms with Crippen molar-refractivity contribution in [3.63, 3.8) is 0 Å². The van der Waals surface area contributed by atoms with Crippen LogP contribution in [0.15, 0.2) is 40.9 Å². The molecule has 2 aromatic carbocycles. The molecular formula is C15H10BrClN2O3. The molecule has 3 rings (SSSR count). The maximum atomic E-state index is 12.3. The lowest BCUT2D eigenvalue weighted by atomic mass is 10.2. The second-order valence-electron chi connectivity index (χ2n) is 4.63. The van der Waals surface area contributed by atoms with Gasteiger partial charge in [0, 0.05) is 15.1 Å². The fourth-order valence-corrected chi connectivity index (χ4v) is 2.95. The molecule has 0 aliphatic carbocycles. The third kappa shape index (κ3) is 3.08. The van der Waals surface area contributed by atoms with Crippen LogP contribution < -0.4 is 15.4 Å². The van der Waals surface area contributed by atoms with Gasteiger partial charge in [-0.1, -0.05) is 33.6 Å². The van der Waals surface area contributed by atoms with E-state index in [1.54, 1.807) is 36.4 Å². The van der Waals surface area contributed by atoms with Crippen LogP contribution in [0.4, 0.5) is 11.4 Å². The first-order chi connectivity index (χ1) is 10.5. The molecule has 7 heteroatoms. The minimum Gasteiger partial charge on any atom is -0.479 e. The van der Waals surface area contributed by atoms with E-state index in [1.807, 2.05) is 0 Å². The molecule has 2 amide bonds. The van der Waals surface area contributed by atoms with Gasteiger partial charge >= 0.3 is 0 Å². The highest BCUT2D eigenvalue weighted by molar-refractivity contribution is 9.10. The highest BCUT2D eigenvalue weighted by Gasteiger charge is 2.20. The Morgan fingerprint density at radius 1 is 1.32 bits per heavy atom. The lowest BCUT2D eigenvalue weighted by Crippen LogP contribution is -2.26. The summed E-state index contributed by atoms with van der Waals surface area (Å²) in [6.45, 7) is -0.0808. The molecule has 5 nitrogen and oxygen atoms in total. The molecule has 22 heavy (non-hydrogen) atoms. The number of ether oxygens (including phenoxy) is 1. The summed E-state index contributed by atoms with van der Waals surface area (Å²) in [6.07, 6.45) is 0. The average Bonchev–Trinajstić information content (AvgIpc) is 2.46. The number of hydrogen-bond donors (Lipinski definition) is 2. The molecule has 0 bridgehead atoms. The minimum absolute atomic E-state index is 0.0808. The van der Waals surface area contributed by atoms with E-state index in [1.165, 1.54) is 0 Å². The summed E-state index contributed by atoms with van der Waals surface area (Å²) in [6, 6.07) is 10.1. The normalized spacial score (nSPS) is 12.9. The zero-order chi connectivity index (χ0) is 15.7. The molecule has 0 radical (unpaired) electrons. The molecule has 0 saturated carbocycles. The van der Waals surface area contributed by atoms with Gasteiger partial charge in [0.05, 0.1) is 11.4 Å². The summed E-state index contributed by atoms with van der Waals surface area (Å²) in [5, 5.41) is 5.91. The summed E-state index contributed by atoms with van der Waals surface area (Å²) in [4.78, 5) is 23.6. The first-order valence-corrected chi connectivity index (χ1v) is 7.53. The molecule has 0 fully saturated rings. The number of anilines is 2. The Kier molecular flexibility index (Phi) is 4.04. The maximum absolute atomic E-state index is 12.3. The van der Waals surface area contributed by atoms with Gasteiger partial charge in [-0.15, -0.1) is 0 Å². The fourth-order valence-electron chi connectivity index (χ4n) is 2.09. The Morgan fingerprint density at radius 2 is 2.14 bits per heavy atom. The zero-order valence-electron chi connectivity index (χ0n) is 11.2. The number of para-hydroxylation sites is 1. The number of halogens is 2. The number of benzene rings is 2. The van der Waals surface area contributed by atoms with Crippen molar-refractivity contribution in [3.05, 3.63) is 51.5 Å². The van der Waals surface area contributed by atoms with E-state index in [2.05, 4.69) is 26.6 Å². The van der Waals surface area contributed by atoms with Gasteiger partial charge in [0.2, 0.25) is 0 Å². The van der Waals surface area contributed by atoms with E-state index in [-0.39, 0.29) is 18.4 Å². The van der Waals surface area contributed by atoms with Crippen LogP contribution in [0.1, 0.15) is 10.4 Å². The summed E-state index contributed by atoms with van der Waals surface area (Å²) in [5.41, 5.74) is 1.43. The Labute approximate surface area is 139 Å². The highest BCUT2D eigenvalue weighted by Crippen LogP contribution is 2.35. The van der Waals surface area contributed by atoms with E-state index in [0.29, 0.717) is 32.2 Å². The molecule has 2 aromatic rings. The summed E-state index contributed by atoms with van der Waals surface area (Å²) >= 11 is 9.24. The monoisotopic (exact) mass is 380 g/mol. The summed E-state index contributed by atoms with van der Waals surface area (Å²) in [5.74, 6) is -0.108. The molecule has 0 saturated heterocycles. The van der Waals surface area contributed by atoms with Crippen LogP contribution in [0, 0.1) is 0 Å². The smallest absolute Gasteiger partial charge is 0.262 e. The van der Waals surface area contributed by atoms with Gasteiger partial charge in [-0.05, 0) is 30.3 Å². The number of carbonyl (C=O) groups is 2. The molecule has 0 spiro atoms. The van der Waals surface area contributed by atoms with E-state index < -0.39 is 0 Å². The molecule has 2 N–H and O–H groups in total. The van der Waals surface area contributed by atoms with Crippen LogP contribution in [-0.4, -0.2) is 18.4 Å². The first kappa shape index (κ1) is 14.9.